The van der Waals surface area contributed by atoms with E-state index >= 15 is 0 Å². The van der Waals surface area contributed by atoms with Crippen molar-refractivity contribution in [3.8, 4) is 0 Å². The van der Waals surface area contributed by atoms with Gasteiger partial charge in [-0.3, -0.25) is 4.98 Å². The third-order valence-electron chi connectivity index (χ3n) is 5.26. The van der Waals surface area contributed by atoms with Crippen molar-refractivity contribution < 1.29 is 0 Å². The molecule has 3 heterocycles. The van der Waals surface area contributed by atoms with E-state index in [1.165, 1.54) is 11.3 Å². The van der Waals surface area contributed by atoms with Crippen LogP contribution < -0.4 is 16.0 Å². The van der Waals surface area contributed by atoms with Crippen molar-refractivity contribution in [3.05, 3.63) is 72.6 Å². The van der Waals surface area contributed by atoms with Crippen LogP contribution in [0.5, 0.6) is 0 Å². The topological polar surface area (TPSA) is 74.8 Å². The largest absolute Gasteiger partial charge is 0.384 e. The number of nitrogens with zero attached hydrogens (tertiary/aromatic N) is 3. The number of rotatable bonds is 4. The molecule has 6 nitrogen and oxygen atoms in total. The second-order valence-electron chi connectivity index (χ2n) is 7.92. The van der Waals surface area contributed by atoms with Crippen molar-refractivity contribution in [1.29, 1.82) is 0 Å². The lowest BCUT2D eigenvalue weighted by Crippen LogP contribution is -2.18. The number of benzene rings is 2. The number of aromatic nitrogens is 3. The van der Waals surface area contributed by atoms with E-state index < -0.39 is 0 Å². The zero-order chi connectivity index (χ0) is 19.8. The molecule has 0 amide bonds. The highest BCUT2D eigenvalue weighted by molar-refractivity contribution is 5.83. The molecule has 6 heteroatoms. The Kier molecular flexibility index (Phi) is 4.05. The summed E-state index contributed by atoms with van der Waals surface area (Å²) in [5, 5.41) is 11.2. The Labute approximate surface area is 169 Å². The molecule has 0 saturated carbocycles. The minimum absolute atomic E-state index is 0.156. The second kappa shape index (κ2) is 6.74. The van der Waals surface area contributed by atoms with Gasteiger partial charge >= 0.3 is 0 Å². The molecule has 0 saturated heterocycles. The maximum atomic E-state index is 4.60. The van der Waals surface area contributed by atoms with Gasteiger partial charge in [-0.25, -0.2) is 4.98 Å². The number of nitrogens with one attached hydrogen (secondary N) is 3. The molecule has 0 aliphatic carbocycles. The highest BCUT2D eigenvalue weighted by Crippen LogP contribution is 2.37. The van der Waals surface area contributed by atoms with Crippen molar-refractivity contribution in [2.75, 3.05) is 22.5 Å². The van der Waals surface area contributed by atoms with E-state index in [0.29, 0.717) is 5.95 Å². The number of hydrogen-bond acceptors (Lipinski definition) is 6. The summed E-state index contributed by atoms with van der Waals surface area (Å²) in [7, 11) is 0. The maximum absolute atomic E-state index is 4.60. The number of fused-ring (bicyclic) bond motifs is 2. The molecular weight excluding hydrogens is 360 g/mol. The number of pyridine rings is 1. The van der Waals surface area contributed by atoms with Gasteiger partial charge in [-0.15, -0.1) is 0 Å². The first-order valence-electron chi connectivity index (χ1n) is 9.67. The van der Waals surface area contributed by atoms with E-state index in [2.05, 4.69) is 69.0 Å². The van der Waals surface area contributed by atoms with Gasteiger partial charge in [0.1, 0.15) is 5.82 Å². The van der Waals surface area contributed by atoms with Crippen LogP contribution in [-0.2, 0) is 5.41 Å². The Morgan fingerprint density at radius 2 is 1.76 bits per heavy atom. The van der Waals surface area contributed by atoms with Crippen LogP contribution in [0.2, 0.25) is 0 Å². The summed E-state index contributed by atoms with van der Waals surface area (Å²) in [4.78, 5) is 13.3. The van der Waals surface area contributed by atoms with Crippen molar-refractivity contribution in [3.63, 3.8) is 0 Å². The fourth-order valence-electron chi connectivity index (χ4n) is 3.69. The van der Waals surface area contributed by atoms with Crippen LogP contribution >= 0.6 is 0 Å². The van der Waals surface area contributed by atoms with Crippen molar-refractivity contribution in [2.24, 2.45) is 0 Å². The van der Waals surface area contributed by atoms with Gasteiger partial charge in [0.25, 0.3) is 0 Å². The zero-order valence-corrected chi connectivity index (χ0v) is 16.4. The molecule has 29 heavy (non-hydrogen) atoms. The van der Waals surface area contributed by atoms with E-state index in [1.807, 2.05) is 30.3 Å². The van der Waals surface area contributed by atoms with E-state index in [9.17, 15) is 0 Å². The standard InChI is InChI=1S/C23H22N6/c1-23(2)14-26-20-13-17(5-7-18(20)23)28-22-25-11-9-21(29-22)27-16-6-8-19-15(12-16)4-3-10-24-19/h3-13,26H,14H2,1-2H3,(H2,25,27,28,29). The molecule has 0 spiro atoms. The lowest BCUT2D eigenvalue weighted by atomic mass is 9.87. The fraction of sp³-hybridized carbons (Fsp3) is 0.174. The van der Waals surface area contributed by atoms with Gasteiger partial charge in [0.15, 0.2) is 0 Å². The number of hydrogen-bond donors (Lipinski definition) is 3. The maximum Gasteiger partial charge on any atom is 0.229 e. The lowest BCUT2D eigenvalue weighted by Gasteiger charge is -2.17. The van der Waals surface area contributed by atoms with Crippen LogP contribution in [0, 0.1) is 0 Å². The molecule has 144 valence electrons. The van der Waals surface area contributed by atoms with Crippen molar-refractivity contribution in [1.82, 2.24) is 15.0 Å². The Morgan fingerprint density at radius 3 is 2.69 bits per heavy atom. The van der Waals surface area contributed by atoms with Gasteiger partial charge < -0.3 is 16.0 Å². The molecule has 1 aliphatic heterocycles. The van der Waals surface area contributed by atoms with E-state index in [1.54, 1.807) is 12.4 Å². The molecule has 0 atom stereocenters. The quantitative estimate of drug-likeness (QED) is 0.450. The molecule has 2 aromatic heterocycles. The third-order valence-corrected chi connectivity index (χ3v) is 5.26. The first-order chi connectivity index (χ1) is 14.1. The summed E-state index contributed by atoms with van der Waals surface area (Å²) < 4.78 is 0. The van der Waals surface area contributed by atoms with Crippen molar-refractivity contribution >= 4 is 39.7 Å². The van der Waals surface area contributed by atoms with Crippen LogP contribution in [-0.4, -0.2) is 21.5 Å². The van der Waals surface area contributed by atoms with Gasteiger partial charge in [-0.05, 0) is 48.0 Å². The average Bonchev–Trinajstić information content (AvgIpc) is 3.02. The van der Waals surface area contributed by atoms with E-state index in [0.717, 1.165) is 34.6 Å². The van der Waals surface area contributed by atoms with Crippen LogP contribution in [0.1, 0.15) is 19.4 Å². The lowest BCUT2D eigenvalue weighted by molar-refractivity contribution is 0.586. The SMILES string of the molecule is CC1(C)CNc2cc(Nc3nccc(Nc4ccc5ncccc5c4)n3)ccc21. The minimum atomic E-state index is 0.156. The molecule has 4 aromatic rings. The first kappa shape index (κ1) is 17.4. The van der Waals surface area contributed by atoms with Crippen LogP contribution in [0.25, 0.3) is 10.9 Å². The summed E-state index contributed by atoms with van der Waals surface area (Å²) >= 11 is 0. The summed E-state index contributed by atoms with van der Waals surface area (Å²) in [5.74, 6) is 1.28. The molecule has 0 fully saturated rings. The Balaban J connectivity index is 1.36. The van der Waals surface area contributed by atoms with Gasteiger partial charge in [0, 0.05) is 46.8 Å². The third kappa shape index (κ3) is 3.45. The highest BCUT2D eigenvalue weighted by atomic mass is 15.1. The molecule has 3 N–H and O–H groups in total. The smallest absolute Gasteiger partial charge is 0.229 e. The first-order valence-corrected chi connectivity index (χ1v) is 9.67. The predicted molar refractivity (Wildman–Crippen MR) is 118 cm³/mol. The number of anilines is 5. The van der Waals surface area contributed by atoms with Gasteiger partial charge in [-0.2, -0.15) is 4.98 Å². The van der Waals surface area contributed by atoms with Crippen LogP contribution in [0.4, 0.5) is 28.8 Å². The Morgan fingerprint density at radius 1 is 0.897 bits per heavy atom. The molecule has 0 radical (unpaired) electrons. The molecule has 5 rings (SSSR count). The van der Waals surface area contributed by atoms with Gasteiger partial charge in [0.05, 0.1) is 5.52 Å². The highest BCUT2D eigenvalue weighted by Gasteiger charge is 2.29. The molecule has 1 aliphatic rings. The van der Waals surface area contributed by atoms with Gasteiger partial charge in [-0.1, -0.05) is 26.0 Å². The van der Waals surface area contributed by atoms with Crippen LogP contribution in [0.15, 0.2) is 67.0 Å². The molecule has 0 unspecified atom stereocenters. The summed E-state index contributed by atoms with van der Waals surface area (Å²) in [5.41, 5.74) is 5.55. The van der Waals surface area contributed by atoms with Gasteiger partial charge in [0.2, 0.25) is 5.95 Å². The van der Waals surface area contributed by atoms with E-state index in [-0.39, 0.29) is 5.41 Å². The molecule has 2 aromatic carbocycles. The predicted octanol–water partition coefficient (Wildman–Crippen LogP) is 5.22. The monoisotopic (exact) mass is 382 g/mol. The molecule has 0 bridgehead atoms. The minimum Gasteiger partial charge on any atom is -0.384 e. The summed E-state index contributed by atoms with van der Waals surface area (Å²) in [6, 6.07) is 18.3. The average molecular weight is 382 g/mol. The summed E-state index contributed by atoms with van der Waals surface area (Å²) in [6.45, 7) is 5.45. The normalized spacial score (nSPS) is 14.3. The van der Waals surface area contributed by atoms with Crippen molar-refractivity contribution in [2.45, 2.75) is 19.3 Å². The summed E-state index contributed by atoms with van der Waals surface area (Å²) in [6.07, 6.45) is 3.54. The Hall–Kier alpha value is -3.67. The fourth-order valence-corrected chi connectivity index (χ4v) is 3.69. The van der Waals surface area contributed by atoms with Crippen LogP contribution in [0.3, 0.4) is 0 Å². The molecular formula is C23H22N6. The second-order valence-corrected chi connectivity index (χ2v) is 7.92. The Bertz CT molecular complexity index is 1200. The van der Waals surface area contributed by atoms with E-state index in [4.69, 9.17) is 0 Å². The zero-order valence-electron chi connectivity index (χ0n) is 16.4.